The monoisotopic (exact) mass is 221 g/mol. The number of methoxy groups -OCH3 is 2. The molecule has 1 atom stereocenters. The second-order valence-corrected chi connectivity index (χ2v) is 3.58. The Morgan fingerprint density at radius 3 is 2.62 bits per heavy atom. The summed E-state index contributed by atoms with van der Waals surface area (Å²) in [6.07, 6.45) is 3.49. The molecule has 0 amide bonds. The normalized spacial score (nSPS) is 18.3. The molecular weight excluding hydrogens is 206 g/mol. The lowest BCUT2D eigenvalue weighted by molar-refractivity contribution is 0.154. The predicted molar refractivity (Wildman–Crippen MR) is 61.4 cm³/mol. The molecule has 0 bridgehead atoms. The fraction of sp³-hybridized carbons (Fsp3) is 0.333. The summed E-state index contributed by atoms with van der Waals surface area (Å²) in [6.45, 7) is 0. The molecule has 4 nitrogen and oxygen atoms in total. The first-order chi connectivity index (χ1) is 7.76. The van der Waals surface area contributed by atoms with Gasteiger partial charge in [-0.3, -0.25) is 0 Å². The molecule has 0 saturated heterocycles. The molecule has 1 aliphatic rings. The molecule has 1 unspecified atom stereocenters. The lowest BCUT2D eigenvalue weighted by Crippen LogP contribution is -2.25. The third kappa shape index (κ3) is 1.84. The molecule has 16 heavy (non-hydrogen) atoms. The summed E-state index contributed by atoms with van der Waals surface area (Å²) in [6, 6.07) is 3.71. The fourth-order valence-corrected chi connectivity index (χ4v) is 1.88. The maximum absolute atomic E-state index is 9.66. The summed E-state index contributed by atoms with van der Waals surface area (Å²) in [4.78, 5) is 0. The van der Waals surface area contributed by atoms with Gasteiger partial charge in [0.15, 0.2) is 0 Å². The van der Waals surface area contributed by atoms with Crippen LogP contribution in [-0.2, 0) is 6.42 Å². The van der Waals surface area contributed by atoms with Crippen LogP contribution in [0.5, 0.6) is 11.5 Å². The highest BCUT2D eigenvalue weighted by Crippen LogP contribution is 2.33. The van der Waals surface area contributed by atoms with Gasteiger partial charge < -0.3 is 19.9 Å². The van der Waals surface area contributed by atoms with E-state index < -0.39 is 6.23 Å². The third-order valence-electron chi connectivity index (χ3n) is 2.65. The van der Waals surface area contributed by atoms with Crippen LogP contribution in [0.3, 0.4) is 0 Å². The van der Waals surface area contributed by atoms with E-state index in [1.54, 1.807) is 20.4 Å². The summed E-state index contributed by atoms with van der Waals surface area (Å²) in [7, 11) is 3.25. The summed E-state index contributed by atoms with van der Waals surface area (Å²) >= 11 is 0. The van der Waals surface area contributed by atoms with Crippen LogP contribution in [0.25, 0.3) is 6.08 Å². The van der Waals surface area contributed by atoms with E-state index in [2.05, 4.69) is 5.32 Å². The van der Waals surface area contributed by atoms with E-state index in [1.807, 2.05) is 18.2 Å². The first-order valence-electron chi connectivity index (χ1n) is 5.10. The zero-order valence-electron chi connectivity index (χ0n) is 9.36. The molecule has 1 aromatic carbocycles. The van der Waals surface area contributed by atoms with Gasteiger partial charge in [0, 0.05) is 17.5 Å². The molecule has 0 saturated carbocycles. The summed E-state index contributed by atoms with van der Waals surface area (Å²) in [5.41, 5.74) is 1.90. The van der Waals surface area contributed by atoms with Crippen LogP contribution >= 0.6 is 0 Å². The number of nitrogens with one attached hydrogen (secondary N) is 1. The molecular formula is C12H15NO3. The molecule has 0 spiro atoms. The van der Waals surface area contributed by atoms with E-state index >= 15 is 0 Å². The number of aliphatic hydroxyl groups is 1. The Bertz CT molecular complexity index is 415. The molecule has 2 N–H and O–H groups in total. The maximum atomic E-state index is 9.66. The van der Waals surface area contributed by atoms with Crippen molar-refractivity contribution in [1.29, 1.82) is 0 Å². The van der Waals surface area contributed by atoms with Crippen molar-refractivity contribution in [3.63, 3.8) is 0 Å². The molecule has 4 heteroatoms. The number of fused-ring (bicyclic) bond motifs is 1. The van der Waals surface area contributed by atoms with E-state index in [4.69, 9.17) is 9.47 Å². The standard InChI is InChI=1S/C12H15NO3/c1-15-10-3-4-11(16-2)9-7-12(14)13-6-5-8(9)10/h3-6,12-14H,7H2,1-2H3. The lowest BCUT2D eigenvalue weighted by atomic mass is 10.0. The Kier molecular flexibility index (Phi) is 3.01. The smallest absolute Gasteiger partial charge is 0.128 e. The van der Waals surface area contributed by atoms with E-state index in [9.17, 15) is 5.11 Å². The maximum Gasteiger partial charge on any atom is 0.128 e. The average Bonchev–Trinajstić information content (AvgIpc) is 2.49. The summed E-state index contributed by atoms with van der Waals surface area (Å²) in [5.74, 6) is 1.55. The van der Waals surface area contributed by atoms with Gasteiger partial charge in [-0.25, -0.2) is 0 Å². The second kappa shape index (κ2) is 4.45. The van der Waals surface area contributed by atoms with Gasteiger partial charge in [0.25, 0.3) is 0 Å². The van der Waals surface area contributed by atoms with Crippen molar-refractivity contribution in [2.24, 2.45) is 0 Å². The minimum absolute atomic E-state index is 0.489. The largest absolute Gasteiger partial charge is 0.496 e. The molecule has 1 aromatic rings. The number of benzene rings is 1. The molecule has 0 aromatic heterocycles. The fourth-order valence-electron chi connectivity index (χ4n) is 1.88. The van der Waals surface area contributed by atoms with Gasteiger partial charge in [0.05, 0.1) is 14.2 Å². The van der Waals surface area contributed by atoms with Crippen molar-refractivity contribution in [2.75, 3.05) is 14.2 Å². The van der Waals surface area contributed by atoms with Gasteiger partial charge in [0.1, 0.15) is 17.7 Å². The minimum atomic E-state index is -0.599. The average molecular weight is 221 g/mol. The highest BCUT2D eigenvalue weighted by Gasteiger charge is 2.17. The number of rotatable bonds is 2. The first-order valence-corrected chi connectivity index (χ1v) is 5.10. The van der Waals surface area contributed by atoms with Crippen LogP contribution < -0.4 is 14.8 Å². The van der Waals surface area contributed by atoms with Crippen LogP contribution in [-0.4, -0.2) is 25.6 Å². The van der Waals surface area contributed by atoms with Gasteiger partial charge in [0.2, 0.25) is 0 Å². The topological polar surface area (TPSA) is 50.7 Å². The van der Waals surface area contributed by atoms with Crippen LogP contribution in [0, 0.1) is 0 Å². The Morgan fingerprint density at radius 1 is 1.25 bits per heavy atom. The molecule has 0 radical (unpaired) electrons. The van der Waals surface area contributed by atoms with Crippen molar-refractivity contribution in [2.45, 2.75) is 12.6 Å². The zero-order valence-corrected chi connectivity index (χ0v) is 9.36. The van der Waals surface area contributed by atoms with Crippen molar-refractivity contribution in [3.8, 4) is 11.5 Å². The highest BCUT2D eigenvalue weighted by molar-refractivity contribution is 5.65. The number of aliphatic hydroxyl groups excluding tert-OH is 1. The number of ether oxygens (including phenoxy) is 2. The predicted octanol–water partition coefficient (Wildman–Crippen LogP) is 1.14. The molecule has 0 fully saturated rings. The Balaban J connectivity index is 2.56. The van der Waals surface area contributed by atoms with Crippen molar-refractivity contribution in [1.82, 2.24) is 5.32 Å². The molecule has 0 aliphatic carbocycles. The number of hydrogen-bond donors (Lipinski definition) is 2. The first kappa shape index (κ1) is 10.8. The zero-order chi connectivity index (χ0) is 11.5. The van der Waals surface area contributed by atoms with E-state index in [0.717, 1.165) is 22.6 Å². The summed E-state index contributed by atoms with van der Waals surface area (Å²) < 4.78 is 10.6. The highest BCUT2D eigenvalue weighted by atomic mass is 16.5. The van der Waals surface area contributed by atoms with Gasteiger partial charge in [-0.2, -0.15) is 0 Å². The van der Waals surface area contributed by atoms with Crippen LogP contribution in [0.15, 0.2) is 18.3 Å². The third-order valence-corrected chi connectivity index (χ3v) is 2.65. The van der Waals surface area contributed by atoms with E-state index in [-0.39, 0.29) is 0 Å². The van der Waals surface area contributed by atoms with Gasteiger partial charge in [-0.05, 0) is 24.4 Å². The SMILES string of the molecule is COc1ccc(OC)c2c1C=CNC(O)C2. The molecule has 1 aliphatic heterocycles. The second-order valence-electron chi connectivity index (χ2n) is 3.58. The van der Waals surface area contributed by atoms with Gasteiger partial charge in [-0.1, -0.05) is 0 Å². The molecule has 86 valence electrons. The Hall–Kier alpha value is -1.68. The van der Waals surface area contributed by atoms with Gasteiger partial charge in [-0.15, -0.1) is 0 Å². The van der Waals surface area contributed by atoms with Crippen molar-refractivity contribution < 1.29 is 14.6 Å². The molecule has 2 rings (SSSR count). The Morgan fingerprint density at radius 2 is 1.94 bits per heavy atom. The van der Waals surface area contributed by atoms with Crippen LogP contribution in [0.4, 0.5) is 0 Å². The Labute approximate surface area is 94.5 Å². The van der Waals surface area contributed by atoms with Crippen LogP contribution in [0.2, 0.25) is 0 Å². The molecule has 1 heterocycles. The van der Waals surface area contributed by atoms with E-state index in [1.165, 1.54) is 0 Å². The van der Waals surface area contributed by atoms with E-state index in [0.29, 0.717) is 6.42 Å². The summed E-state index contributed by atoms with van der Waals surface area (Å²) in [5, 5.41) is 12.5. The lowest BCUT2D eigenvalue weighted by Gasteiger charge is -2.15. The van der Waals surface area contributed by atoms with Crippen molar-refractivity contribution >= 4 is 6.08 Å². The van der Waals surface area contributed by atoms with Crippen molar-refractivity contribution in [3.05, 3.63) is 29.5 Å². The minimum Gasteiger partial charge on any atom is -0.496 e. The quantitative estimate of drug-likeness (QED) is 0.786. The number of hydrogen-bond acceptors (Lipinski definition) is 4. The van der Waals surface area contributed by atoms with Gasteiger partial charge >= 0.3 is 0 Å². The van der Waals surface area contributed by atoms with Crippen LogP contribution in [0.1, 0.15) is 11.1 Å².